The number of likely N-dealkylation sites (tertiary alicyclic amines) is 1. The first-order valence-electron chi connectivity index (χ1n) is 8.79. The Morgan fingerprint density at radius 3 is 2.78 bits per heavy atom. The second-order valence-electron chi connectivity index (χ2n) is 7.79. The number of amidine groups is 1. The van der Waals surface area contributed by atoms with Crippen LogP contribution in [0.3, 0.4) is 0 Å². The number of thioether (sulfide) groups is 1. The Labute approximate surface area is 141 Å². The van der Waals surface area contributed by atoms with Gasteiger partial charge in [-0.25, -0.2) is 0 Å². The molecule has 4 fully saturated rings. The number of hydrogen-bond donors (Lipinski definition) is 1. The van der Waals surface area contributed by atoms with E-state index in [0.717, 1.165) is 30.0 Å². The Morgan fingerprint density at radius 1 is 1.35 bits per heavy atom. The molecule has 0 aromatic heterocycles. The van der Waals surface area contributed by atoms with Crippen molar-refractivity contribution in [3.8, 4) is 0 Å². The molecular weight excluding hydrogens is 310 g/mol. The Hall–Kier alpha value is -1.04. The van der Waals surface area contributed by atoms with Crippen LogP contribution < -0.4 is 5.32 Å². The van der Waals surface area contributed by atoms with E-state index in [-0.39, 0.29) is 17.7 Å². The third-order valence-electron chi connectivity index (χ3n) is 6.38. The van der Waals surface area contributed by atoms with Gasteiger partial charge in [0.25, 0.3) is 0 Å². The summed E-state index contributed by atoms with van der Waals surface area (Å²) in [5.74, 6) is 1.98. The number of aliphatic imine (C=N–C) groups is 1. The lowest BCUT2D eigenvalue weighted by Gasteiger charge is -2.26. The van der Waals surface area contributed by atoms with E-state index in [2.05, 4.69) is 5.32 Å². The number of carbonyl (C=O) groups excluding carboxylic acids is 2. The van der Waals surface area contributed by atoms with Crippen LogP contribution >= 0.6 is 11.8 Å². The highest BCUT2D eigenvalue weighted by Gasteiger charge is 2.51. The fourth-order valence-corrected chi connectivity index (χ4v) is 6.07. The maximum atomic E-state index is 12.6. The molecule has 2 heterocycles. The highest BCUT2D eigenvalue weighted by Crippen LogP contribution is 2.47. The average Bonchev–Trinajstić information content (AvgIpc) is 3.24. The lowest BCUT2D eigenvalue weighted by molar-refractivity contribution is -0.128. The van der Waals surface area contributed by atoms with Crippen molar-refractivity contribution in [2.24, 2.45) is 22.7 Å². The molecule has 2 amide bonds. The van der Waals surface area contributed by atoms with Gasteiger partial charge in [0.1, 0.15) is 4.75 Å². The fourth-order valence-electron chi connectivity index (χ4n) is 4.84. The van der Waals surface area contributed by atoms with Crippen molar-refractivity contribution < 1.29 is 9.59 Å². The largest absolute Gasteiger partial charge is 0.343 e. The Bertz CT molecular complexity index is 578. The molecule has 2 aliphatic carbocycles. The zero-order valence-electron chi connectivity index (χ0n) is 13.9. The summed E-state index contributed by atoms with van der Waals surface area (Å²) in [6, 6.07) is 0.413. The van der Waals surface area contributed by atoms with E-state index in [1.807, 2.05) is 11.8 Å². The summed E-state index contributed by atoms with van der Waals surface area (Å²) in [6.07, 6.45) is 6.10. The molecule has 4 aliphatic rings. The van der Waals surface area contributed by atoms with E-state index < -0.39 is 4.75 Å². The molecule has 1 N–H and O–H groups in total. The second kappa shape index (κ2) is 5.50. The predicted octanol–water partition coefficient (Wildman–Crippen LogP) is 2.02. The molecule has 2 saturated carbocycles. The first kappa shape index (κ1) is 15.5. The Balaban J connectivity index is 1.46. The first-order valence-corrected chi connectivity index (χ1v) is 9.61. The molecule has 5 nitrogen and oxygen atoms in total. The van der Waals surface area contributed by atoms with Crippen molar-refractivity contribution in [3.05, 3.63) is 0 Å². The van der Waals surface area contributed by atoms with Crippen LogP contribution in [0.1, 0.15) is 46.0 Å². The van der Waals surface area contributed by atoms with E-state index in [0.29, 0.717) is 12.6 Å². The molecule has 2 bridgehead atoms. The monoisotopic (exact) mass is 335 g/mol. The summed E-state index contributed by atoms with van der Waals surface area (Å²) >= 11 is 1.60. The maximum absolute atomic E-state index is 12.6. The lowest BCUT2D eigenvalue weighted by Crippen LogP contribution is -2.42. The summed E-state index contributed by atoms with van der Waals surface area (Å²) in [5, 5.41) is 3.84. The molecule has 2 unspecified atom stereocenters. The summed E-state index contributed by atoms with van der Waals surface area (Å²) < 4.78 is -0.485. The molecular formula is C17H25N3O2S. The van der Waals surface area contributed by atoms with Crippen molar-refractivity contribution >= 4 is 28.7 Å². The van der Waals surface area contributed by atoms with Gasteiger partial charge in [-0.15, -0.1) is 0 Å². The van der Waals surface area contributed by atoms with Crippen LogP contribution in [0.2, 0.25) is 0 Å². The fraction of sp³-hybridized carbons (Fsp3) is 0.824. The van der Waals surface area contributed by atoms with E-state index in [4.69, 9.17) is 4.99 Å². The third-order valence-corrected chi connectivity index (χ3v) is 7.72. The minimum absolute atomic E-state index is 0.0693. The SMILES string of the molecule is CC(=O)N1CCC([C@@]2(C)SC(=N[C@H]3C[C@@H]4CCC3C4)NC2=O)C1. The predicted molar refractivity (Wildman–Crippen MR) is 91.2 cm³/mol. The van der Waals surface area contributed by atoms with Gasteiger partial charge in [0.05, 0.1) is 6.04 Å². The van der Waals surface area contributed by atoms with Gasteiger partial charge in [-0.3, -0.25) is 14.6 Å². The highest BCUT2D eigenvalue weighted by molar-refractivity contribution is 8.16. The number of nitrogens with zero attached hydrogens (tertiary/aromatic N) is 2. The van der Waals surface area contributed by atoms with E-state index in [1.165, 1.54) is 25.7 Å². The van der Waals surface area contributed by atoms with Gasteiger partial charge < -0.3 is 10.2 Å². The first-order chi connectivity index (χ1) is 11.0. The van der Waals surface area contributed by atoms with Crippen molar-refractivity contribution in [2.45, 2.75) is 56.7 Å². The van der Waals surface area contributed by atoms with E-state index >= 15 is 0 Å². The highest BCUT2D eigenvalue weighted by atomic mass is 32.2. The van der Waals surface area contributed by atoms with Crippen LogP contribution in [-0.4, -0.2) is 45.8 Å². The smallest absolute Gasteiger partial charge is 0.242 e. The molecule has 6 heteroatoms. The van der Waals surface area contributed by atoms with Gasteiger partial charge in [0.2, 0.25) is 11.8 Å². The third kappa shape index (κ3) is 2.59. The zero-order chi connectivity index (χ0) is 16.2. The van der Waals surface area contributed by atoms with Crippen molar-refractivity contribution in [2.75, 3.05) is 13.1 Å². The number of rotatable bonds is 2. The molecule has 2 aliphatic heterocycles. The quantitative estimate of drug-likeness (QED) is 0.840. The van der Waals surface area contributed by atoms with Crippen LogP contribution in [-0.2, 0) is 9.59 Å². The molecule has 4 rings (SSSR count). The summed E-state index contributed by atoms with van der Waals surface area (Å²) in [7, 11) is 0. The Morgan fingerprint density at radius 2 is 2.17 bits per heavy atom. The van der Waals surface area contributed by atoms with Crippen molar-refractivity contribution in [1.29, 1.82) is 0 Å². The van der Waals surface area contributed by atoms with Gasteiger partial charge >= 0.3 is 0 Å². The second-order valence-corrected chi connectivity index (χ2v) is 9.23. The standard InChI is InChI=1S/C17H25N3O2S/c1-10(21)20-6-5-13(9-20)17(2)15(22)19-16(23-17)18-14-8-11-3-4-12(14)7-11/h11-14H,3-9H2,1-2H3,(H,18,19,22)/t11-,12?,13?,14+,17-/m1/s1. The molecule has 23 heavy (non-hydrogen) atoms. The molecule has 5 atom stereocenters. The number of nitrogens with one attached hydrogen (secondary N) is 1. The summed E-state index contributed by atoms with van der Waals surface area (Å²) in [5.41, 5.74) is 0. The number of carbonyl (C=O) groups is 2. The van der Waals surface area contributed by atoms with Gasteiger partial charge in [-0.05, 0) is 44.4 Å². The summed E-state index contributed by atoms with van der Waals surface area (Å²) in [4.78, 5) is 30.9. The molecule has 0 aromatic rings. The van der Waals surface area contributed by atoms with Gasteiger partial charge in [-0.1, -0.05) is 18.2 Å². The van der Waals surface area contributed by atoms with Crippen molar-refractivity contribution in [1.82, 2.24) is 10.2 Å². The average molecular weight is 335 g/mol. The molecule has 126 valence electrons. The molecule has 2 saturated heterocycles. The van der Waals surface area contributed by atoms with Crippen molar-refractivity contribution in [3.63, 3.8) is 0 Å². The van der Waals surface area contributed by atoms with E-state index in [1.54, 1.807) is 18.7 Å². The van der Waals surface area contributed by atoms with Gasteiger partial charge in [0, 0.05) is 25.9 Å². The molecule has 0 spiro atoms. The topological polar surface area (TPSA) is 61.8 Å². The minimum atomic E-state index is -0.485. The van der Waals surface area contributed by atoms with Crippen LogP contribution in [0.25, 0.3) is 0 Å². The van der Waals surface area contributed by atoms with Crippen LogP contribution in [0.5, 0.6) is 0 Å². The lowest BCUT2D eigenvalue weighted by atomic mass is 9.91. The van der Waals surface area contributed by atoms with Crippen LogP contribution in [0, 0.1) is 17.8 Å². The van der Waals surface area contributed by atoms with Crippen LogP contribution in [0.4, 0.5) is 0 Å². The molecule has 0 radical (unpaired) electrons. The maximum Gasteiger partial charge on any atom is 0.242 e. The minimum Gasteiger partial charge on any atom is -0.343 e. The number of hydrogen-bond acceptors (Lipinski definition) is 4. The zero-order valence-corrected chi connectivity index (χ0v) is 14.7. The Kier molecular flexibility index (Phi) is 3.70. The number of fused-ring (bicyclic) bond motifs is 2. The normalized spacial score (nSPS) is 44.3. The molecule has 0 aromatic carbocycles. The van der Waals surface area contributed by atoms with Gasteiger partial charge in [0.15, 0.2) is 5.17 Å². The van der Waals surface area contributed by atoms with Crippen LogP contribution in [0.15, 0.2) is 4.99 Å². The number of amides is 2. The van der Waals surface area contributed by atoms with Gasteiger partial charge in [-0.2, -0.15) is 0 Å². The van der Waals surface area contributed by atoms with E-state index in [9.17, 15) is 9.59 Å². The summed E-state index contributed by atoms with van der Waals surface area (Å²) in [6.45, 7) is 5.08.